The molecule has 1 aliphatic rings. The lowest BCUT2D eigenvalue weighted by molar-refractivity contribution is -0.0521. The fourth-order valence-corrected chi connectivity index (χ4v) is 3.47. The van der Waals surface area contributed by atoms with Crippen LogP contribution >= 0.6 is 0 Å². The molecule has 0 aliphatic heterocycles. The molecule has 0 unspecified atom stereocenters. The smallest absolute Gasteiger partial charge is 0.387 e. The molecule has 2 aromatic carbocycles. The van der Waals surface area contributed by atoms with Crippen LogP contribution in [0.2, 0.25) is 0 Å². The summed E-state index contributed by atoms with van der Waals surface area (Å²) in [6, 6.07) is 8.50. The van der Waals surface area contributed by atoms with E-state index in [-0.39, 0.29) is 5.56 Å². The van der Waals surface area contributed by atoms with Crippen molar-refractivity contribution in [2.24, 2.45) is 5.92 Å². The van der Waals surface area contributed by atoms with Crippen molar-refractivity contribution >= 4 is 0 Å². The number of halogens is 4. The van der Waals surface area contributed by atoms with Crippen molar-refractivity contribution in [1.82, 2.24) is 0 Å². The van der Waals surface area contributed by atoms with Gasteiger partial charge in [0.25, 0.3) is 0 Å². The average Bonchev–Trinajstić information content (AvgIpc) is 2.57. The van der Waals surface area contributed by atoms with Gasteiger partial charge in [-0.3, -0.25) is 0 Å². The van der Waals surface area contributed by atoms with E-state index in [9.17, 15) is 17.6 Å². The molecule has 0 saturated heterocycles. The molecule has 1 saturated carbocycles. The number of benzene rings is 2. The summed E-state index contributed by atoms with van der Waals surface area (Å²) in [5, 5.41) is 0. The fourth-order valence-electron chi connectivity index (χ4n) is 3.47. The van der Waals surface area contributed by atoms with E-state index in [0.717, 1.165) is 49.3 Å². The van der Waals surface area contributed by atoms with Crippen molar-refractivity contribution in [1.29, 1.82) is 0 Å². The third-order valence-corrected chi connectivity index (χ3v) is 4.94. The molecule has 2 aromatic rings. The first kappa shape index (κ1) is 17.8. The minimum absolute atomic E-state index is 0.246. The predicted octanol–water partition coefficient (Wildman–Crippen LogP) is 6.53. The maximum Gasteiger partial charge on any atom is 0.387 e. The topological polar surface area (TPSA) is 9.23 Å². The highest BCUT2D eigenvalue weighted by Gasteiger charge is 2.21. The average molecular weight is 352 g/mol. The molecule has 0 heterocycles. The van der Waals surface area contributed by atoms with Crippen LogP contribution in [0, 0.1) is 17.6 Å². The van der Waals surface area contributed by atoms with Crippen molar-refractivity contribution in [2.75, 3.05) is 0 Å². The zero-order valence-electron chi connectivity index (χ0n) is 13.9. The number of hydrogen-bond donors (Lipinski definition) is 0. The first-order chi connectivity index (χ1) is 11.9. The lowest BCUT2D eigenvalue weighted by Crippen LogP contribution is -2.11. The van der Waals surface area contributed by atoms with Crippen molar-refractivity contribution in [3.8, 4) is 16.9 Å². The first-order valence-corrected chi connectivity index (χ1v) is 8.48. The van der Waals surface area contributed by atoms with Crippen molar-refractivity contribution in [3.63, 3.8) is 0 Å². The Bertz CT molecular complexity index is 736. The van der Waals surface area contributed by atoms with Gasteiger partial charge in [-0.2, -0.15) is 8.78 Å². The Hall–Kier alpha value is -2.04. The van der Waals surface area contributed by atoms with Gasteiger partial charge in [-0.1, -0.05) is 38.0 Å². The second kappa shape index (κ2) is 7.46. The van der Waals surface area contributed by atoms with Crippen LogP contribution in [-0.2, 0) is 0 Å². The Morgan fingerprint density at radius 3 is 2.24 bits per heavy atom. The van der Waals surface area contributed by atoms with Crippen LogP contribution in [0.4, 0.5) is 17.6 Å². The highest BCUT2D eigenvalue weighted by atomic mass is 19.3. The number of ether oxygens (including phenoxy) is 1. The Labute approximate surface area is 144 Å². The van der Waals surface area contributed by atoms with Gasteiger partial charge in [-0.05, 0) is 54.0 Å². The normalized spacial score (nSPS) is 20.7. The fraction of sp³-hybridized carbons (Fsp3) is 0.400. The molecular formula is C20H20F4O. The number of rotatable bonds is 4. The summed E-state index contributed by atoms with van der Waals surface area (Å²) in [6.07, 6.45) is 4.39. The number of hydrogen-bond acceptors (Lipinski definition) is 1. The van der Waals surface area contributed by atoms with E-state index >= 15 is 0 Å². The molecular weight excluding hydrogens is 332 g/mol. The Balaban J connectivity index is 1.82. The largest absolute Gasteiger partial charge is 0.432 e. The second-order valence-corrected chi connectivity index (χ2v) is 6.72. The summed E-state index contributed by atoms with van der Waals surface area (Å²) in [7, 11) is 0. The number of alkyl halides is 2. The van der Waals surface area contributed by atoms with Crippen LogP contribution in [0.1, 0.15) is 44.1 Å². The van der Waals surface area contributed by atoms with Gasteiger partial charge in [-0.25, -0.2) is 8.78 Å². The van der Waals surface area contributed by atoms with Crippen molar-refractivity contribution in [3.05, 3.63) is 53.6 Å². The minimum Gasteiger partial charge on any atom is -0.432 e. The minimum atomic E-state index is -3.10. The SMILES string of the molecule is CC1CCC(c2ccc(-c3ccc(OC(F)F)c(F)c3)c(F)c2)CC1. The van der Waals surface area contributed by atoms with E-state index in [2.05, 4.69) is 11.7 Å². The van der Waals surface area contributed by atoms with E-state index in [1.807, 2.05) is 6.07 Å². The maximum atomic E-state index is 14.5. The van der Waals surface area contributed by atoms with Gasteiger partial charge >= 0.3 is 6.61 Å². The zero-order valence-corrected chi connectivity index (χ0v) is 13.9. The van der Waals surface area contributed by atoms with E-state index in [1.165, 1.54) is 12.1 Å². The van der Waals surface area contributed by atoms with Gasteiger partial charge in [0.1, 0.15) is 5.82 Å². The van der Waals surface area contributed by atoms with Gasteiger partial charge in [-0.15, -0.1) is 0 Å². The highest BCUT2D eigenvalue weighted by molar-refractivity contribution is 5.65. The molecule has 0 bridgehead atoms. The third-order valence-electron chi connectivity index (χ3n) is 4.94. The van der Waals surface area contributed by atoms with Crippen LogP contribution in [0.15, 0.2) is 36.4 Å². The molecule has 1 nitrogen and oxygen atoms in total. The lowest BCUT2D eigenvalue weighted by atomic mass is 9.79. The summed E-state index contributed by atoms with van der Waals surface area (Å²) in [6.45, 7) is -0.870. The molecule has 0 aromatic heterocycles. The third kappa shape index (κ3) is 4.14. The van der Waals surface area contributed by atoms with Crippen molar-refractivity contribution in [2.45, 2.75) is 45.1 Å². The first-order valence-electron chi connectivity index (χ1n) is 8.48. The van der Waals surface area contributed by atoms with Crippen LogP contribution in [0.25, 0.3) is 11.1 Å². The molecule has 0 atom stereocenters. The van der Waals surface area contributed by atoms with Crippen LogP contribution in [0.3, 0.4) is 0 Å². The van der Waals surface area contributed by atoms with E-state index in [0.29, 0.717) is 11.5 Å². The lowest BCUT2D eigenvalue weighted by Gasteiger charge is -2.26. The van der Waals surface area contributed by atoms with E-state index in [4.69, 9.17) is 0 Å². The molecule has 134 valence electrons. The van der Waals surface area contributed by atoms with Crippen LogP contribution < -0.4 is 4.74 Å². The second-order valence-electron chi connectivity index (χ2n) is 6.72. The molecule has 0 amide bonds. The molecule has 0 spiro atoms. The molecule has 25 heavy (non-hydrogen) atoms. The summed E-state index contributed by atoms with van der Waals surface area (Å²) in [5.41, 5.74) is 1.50. The quantitative estimate of drug-likeness (QED) is 0.569. The standard InChI is InChI=1S/C20H20F4O/c1-12-2-4-13(5-3-12)14-6-8-16(17(21)10-14)15-7-9-19(18(22)11-15)25-20(23)24/h6-13,20H,2-5H2,1H3. The van der Waals surface area contributed by atoms with Gasteiger partial charge in [0, 0.05) is 5.56 Å². The summed E-state index contributed by atoms with van der Waals surface area (Å²) in [4.78, 5) is 0. The maximum absolute atomic E-state index is 14.5. The molecule has 5 heteroatoms. The molecule has 0 N–H and O–H groups in total. The van der Waals surface area contributed by atoms with Crippen LogP contribution in [0.5, 0.6) is 5.75 Å². The van der Waals surface area contributed by atoms with Gasteiger partial charge in [0.15, 0.2) is 11.6 Å². The van der Waals surface area contributed by atoms with Gasteiger partial charge in [0.05, 0.1) is 0 Å². The molecule has 1 fully saturated rings. The summed E-state index contributed by atoms with van der Waals surface area (Å²) in [5.74, 6) is -0.844. The Morgan fingerprint density at radius 2 is 1.64 bits per heavy atom. The Kier molecular flexibility index (Phi) is 5.30. The van der Waals surface area contributed by atoms with Crippen LogP contribution in [-0.4, -0.2) is 6.61 Å². The van der Waals surface area contributed by atoms with E-state index in [1.54, 1.807) is 6.07 Å². The summed E-state index contributed by atoms with van der Waals surface area (Å²) < 4.78 is 56.8. The van der Waals surface area contributed by atoms with Crippen molar-refractivity contribution < 1.29 is 22.3 Å². The monoisotopic (exact) mass is 352 g/mol. The van der Waals surface area contributed by atoms with Gasteiger partial charge < -0.3 is 4.74 Å². The highest BCUT2D eigenvalue weighted by Crippen LogP contribution is 2.37. The molecule has 0 radical (unpaired) electrons. The predicted molar refractivity (Wildman–Crippen MR) is 88.8 cm³/mol. The molecule has 3 rings (SSSR count). The van der Waals surface area contributed by atoms with Gasteiger partial charge in [0.2, 0.25) is 0 Å². The zero-order chi connectivity index (χ0) is 18.0. The van der Waals surface area contributed by atoms with E-state index < -0.39 is 24.0 Å². The summed E-state index contributed by atoms with van der Waals surface area (Å²) >= 11 is 0. The Morgan fingerprint density at radius 1 is 0.920 bits per heavy atom. The molecule has 1 aliphatic carbocycles.